The van der Waals surface area contributed by atoms with Crippen LogP contribution in [0.25, 0.3) is 22.2 Å². The highest BCUT2D eigenvalue weighted by Gasteiger charge is 2.26. The molecule has 0 unspecified atom stereocenters. The zero-order chi connectivity index (χ0) is 20.4. The topological polar surface area (TPSA) is 108 Å². The fourth-order valence-electron chi connectivity index (χ4n) is 4.21. The lowest BCUT2D eigenvalue weighted by Gasteiger charge is -2.29. The Kier molecular flexibility index (Phi) is 5.64. The summed E-state index contributed by atoms with van der Waals surface area (Å²) in [5.41, 5.74) is 9.74. The molecule has 8 heteroatoms. The van der Waals surface area contributed by atoms with Crippen LogP contribution >= 0.6 is 0 Å². The first-order chi connectivity index (χ1) is 14.1. The lowest BCUT2D eigenvalue weighted by molar-refractivity contribution is 0.00191. The van der Waals surface area contributed by atoms with Crippen molar-refractivity contribution >= 4 is 17.0 Å². The van der Waals surface area contributed by atoms with Crippen LogP contribution in [0.5, 0.6) is 5.88 Å². The van der Waals surface area contributed by atoms with Crippen LogP contribution in [0.3, 0.4) is 0 Å². The lowest BCUT2D eigenvalue weighted by Crippen LogP contribution is -2.24. The van der Waals surface area contributed by atoms with Gasteiger partial charge in [0.25, 0.3) is 0 Å². The minimum Gasteiger partial charge on any atom is -0.481 e. The molecule has 3 aromatic rings. The number of methoxy groups -OCH3 is 1. The van der Waals surface area contributed by atoms with E-state index in [9.17, 15) is 0 Å². The standard InChI is InChI=1S/C21H27N5O3/c1-13-19-17(14-3-8-18(28-2)23-11-14)12-26(20(19)25-21(22)24-13)15-4-6-16(7-5-15)29-10-9-27/h3,8,11-12,15-16,27H,4-7,9-10H2,1-2H3,(H2,22,24,25). The summed E-state index contributed by atoms with van der Waals surface area (Å²) in [6, 6.07) is 4.18. The van der Waals surface area contributed by atoms with Gasteiger partial charge < -0.3 is 24.9 Å². The number of aryl methyl sites for hydroxylation is 1. The van der Waals surface area contributed by atoms with E-state index in [0.717, 1.165) is 53.5 Å². The van der Waals surface area contributed by atoms with Crippen molar-refractivity contribution in [2.45, 2.75) is 44.8 Å². The van der Waals surface area contributed by atoms with E-state index in [1.807, 2.05) is 25.3 Å². The summed E-state index contributed by atoms with van der Waals surface area (Å²) in [4.78, 5) is 13.3. The Bertz CT molecular complexity index is 978. The number of pyridine rings is 1. The Hall–Kier alpha value is -2.71. The second-order valence-electron chi connectivity index (χ2n) is 7.43. The van der Waals surface area contributed by atoms with E-state index in [4.69, 9.17) is 20.3 Å². The second kappa shape index (κ2) is 8.34. The molecule has 1 fully saturated rings. The maximum Gasteiger partial charge on any atom is 0.222 e. The first-order valence-electron chi connectivity index (χ1n) is 9.98. The van der Waals surface area contributed by atoms with Crippen LogP contribution in [0.2, 0.25) is 0 Å². The Morgan fingerprint density at radius 1 is 1.21 bits per heavy atom. The predicted molar refractivity (Wildman–Crippen MR) is 111 cm³/mol. The molecule has 3 N–H and O–H groups in total. The molecule has 3 heterocycles. The van der Waals surface area contributed by atoms with Crippen molar-refractivity contribution in [1.82, 2.24) is 19.5 Å². The van der Waals surface area contributed by atoms with Crippen LogP contribution in [-0.4, -0.2) is 51.1 Å². The zero-order valence-electron chi connectivity index (χ0n) is 16.8. The molecule has 1 saturated carbocycles. The highest BCUT2D eigenvalue weighted by molar-refractivity contribution is 5.96. The van der Waals surface area contributed by atoms with E-state index in [1.165, 1.54) is 0 Å². The van der Waals surface area contributed by atoms with Crippen LogP contribution in [0, 0.1) is 6.92 Å². The number of nitrogens with two attached hydrogens (primary N) is 1. The van der Waals surface area contributed by atoms with Crippen molar-refractivity contribution in [3.8, 4) is 17.0 Å². The largest absolute Gasteiger partial charge is 0.481 e. The number of nitrogen functional groups attached to an aromatic ring is 1. The van der Waals surface area contributed by atoms with Gasteiger partial charge in [0.1, 0.15) is 5.65 Å². The minimum atomic E-state index is 0.0664. The number of ether oxygens (including phenoxy) is 2. The number of fused-ring (bicyclic) bond motifs is 1. The van der Waals surface area contributed by atoms with Gasteiger partial charge in [0.2, 0.25) is 11.8 Å². The summed E-state index contributed by atoms with van der Waals surface area (Å²) in [5, 5.41) is 9.98. The van der Waals surface area contributed by atoms with Gasteiger partial charge in [-0.3, -0.25) is 0 Å². The molecular weight excluding hydrogens is 370 g/mol. The normalized spacial score (nSPS) is 19.6. The van der Waals surface area contributed by atoms with Crippen LogP contribution in [0.4, 0.5) is 5.95 Å². The molecule has 0 radical (unpaired) electrons. The Morgan fingerprint density at radius 3 is 2.66 bits per heavy atom. The van der Waals surface area contributed by atoms with E-state index in [0.29, 0.717) is 18.5 Å². The van der Waals surface area contributed by atoms with Gasteiger partial charge in [0.05, 0.1) is 32.1 Å². The number of aliphatic hydroxyl groups excluding tert-OH is 1. The Morgan fingerprint density at radius 2 is 2.00 bits per heavy atom. The minimum absolute atomic E-state index is 0.0664. The maximum atomic E-state index is 8.97. The Balaban J connectivity index is 1.71. The molecule has 0 aromatic carbocycles. The average Bonchev–Trinajstić information content (AvgIpc) is 3.12. The molecule has 154 valence electrons. The van der Waals surface area contributed by atoms with Crippen molar-refractivity contribution in [2.75, 3.05) is 26.1 Å². The fraction of sp³-hybridized carbons (Fsp3) is 0.476. The van der Waals surface area contributed by atoms with E-state index in [2.05, 4.69) is 25.7 Å². The van der Waals surface area contributed by atoms with Crippen LogP contribution in [0.1, 0.15) is 37.4 Å². The molecule has 1 aliphatic rings. The van der Waals surface area contributed by atoms with Gasteiger partial charge in [-0.25, -0.2) is 9.97 Å². The number of aromatic nitrogens is 4. The quantitative estimate of drug-likeness (QED) is 0.658. The molecule has 0 bridgehead atoms. The number of nitrogens with zero attached hydrogens (tertiary/aromatic N) is 4. The van der Waals surface area contributed by atoms with Crippen molar-refractivity contribution in [3.05, 3.63) is 30.2 Å². The lowest BCUT2D eigenvalue weighted by atomic mass is 9.93. The molecule has 8 nitrogen and oxygen atoms in total. The smallest absolute Gasteiger partial charge is 0.222 e. The molecule has 0 amide bonds. The number of anilines is 1. The Labute approximate surface area is 169 Å². The highest BCUT2D eigenvalue weighted by Crippen LogP contribution is 2.38. The van der Waals surface area contributed by atoms with Crippen molar-refractivity contribution in [2.24, 2.45) is 0 Å². The molecule has 0 atom stereocenters. The van der Waals surface area contributed by atoms with Crippen molar-refractivity contribution < 1.29 is 14.6 Å². The van der Waals surface area contributed by atoms with Crippen LogP contribution in [0.15, 0.2) is 24.5 Å². The fourth-order valence-corrected chi connectivity index (χ4v) is 4.21. The summed E-state index contributed by atoms with van der Waals surface area (Å²) in [6.07, 6.45) is 8.08. The average molecular weight is 397 g/mol. The number of rotatable bonds is 6. The van der Waals surface area contributed by atoms with Gasteiger partial charge in [-0.05, 0) is 38.7 Å². The van der Waals surface area contributed by atoms with E-state index in [-0.39, 0.29) is 18.7 Å². The maximum absolute atomic E-state index is 8.97. The zero-order valence-corrected chi connectivity index (χ0v) is 16.8. The summed E-state index contributed by atoms with van der Waals surface area (Å²) in [5.74, 6) is 0.865. The molecule has 4 rings (SSSR count). The summed E-state index contributed by atoms with van der Waals surface area (Å²) >= 11 is 0. The molecule has 0 saturated heterocycles. The molecule has 1 aliphatic carbocycles. The molecule has 3 aromatic heterocycles. The number of aliphatic hydroxyl groups is 1. The third kappa shape index (κ3) is 3.90. The van der Waals surface area contributed by atoms with Crippen molar-refractivity contribution in [3.63, 3.8) is 0 Å². The van der Waals surface area contributed by atoms with Gasteiger partial charge in [0, 0.05) is 41.0 Å². The van der Waals surface area contributed by atoms with Crippen molar-refractivity contribution in [1.29, 1.82) is 0 Å². The molecule has 29 heavy (non-hydrogen) atoms. The molecular formula is C21H27N5O3. The first-order valence-corrected chi connectivity index (χ1v) is 9.98. The van der Waals surface area contributed by atoms with E-state index >= 15 is 0 Å². The van der Waals surface area contributed by atoms with Gasteiger partial charge in [-0.2, -0.15) is 4.98 Å². The second-order valence-corrected chi connectivity index (χ2v) is 7.43. The third-order valence-corrected chi connectivity index (χ3v) is 5.61. The highest BCUT2D eigenvalue weighted by atomic mass is 16.5. The number of hydrogen-bond acceptors (Lipinski definition) is 7. The molecule has 0 aliphatic heterocycles. The van der Waals surface area contributed by atoms with Gasteiger partial charge in [0.15, 0.2) is 0 Å². The van der Waals surface area contributed by atoms with E-state index in [1.54, 1.807) is 7.11 Å². The predicted octanol–water partition coefficient (Wildman–Crippen LogP) is 2.89. The first kappa shape index (κ1) is 19.6. The van der Waals surface area contributed by atoms with Crippen LogP contribution < -0.4 is 10.5 Å². The van der Waals surface area contributed by atoms with Gasteiger partial charge in [-0.15, -0.1) is 0 Å². The molecule has 0 spiro atoms. The summed E-state index contributed by atoms with van der Waals surface area (Å²) in [6.45, 7) is 2.43. The third-order valence-electron chi connectivity index (χ3n) is 5.61. The van der Waals surface area contributed by atoms with Gasteiger partial charge in [-0.1, -0.05) is 0 Å². The van der Waals surface area contributed by atoms with Crippen LogP contribution in [-0.2, 0) is 4.74 Å². The SMILES string of the molecule is COc1ccc(-c2cn(C3CCC(OCCO)CC3)c3nc(N)nc(C)c23)cn1. The van der Waals surface area contributed by atoms with E-state index < -0.39 is 0 Å². The van der Waals surface area contributed by atoms with Gasteiger partial charge >= 0.3 is 0 Å². The monoisotopic (exact) mass is 397 g/mol. The number of hydrogen-bond donors (Lipinski definition) is 2. The summed E-state index contributed by atoms with van der Waals surface area (Å²) in [7, 11) is 1.61. The summed E-state index contributed by atoms with van der Waals surface area (Å²) < 4.78 is 13.1.